The van der Waals surface area contributed by atoms with Gasteiger partial charge in [0.15, 0.2) is 0 Å². The van der Waals surface area contributed by atoms with Crippen LogP contribution in [-0.4, -0.2) is 37.5 Å². The molecule has 0 amide bonds. The Bertz CT molecular complexity index is 690. The predicted molar refractivity (Wildman–Crippen MR) is 84.2 cm³/mol. The predicted octanol–water partition coefficient (Wildman–Crippen LogP) is 1.27. The molecule has 2 N–H and O–H groups in total. The third-order valence-corrected chi connectivity index (χ3v) is 5.20. The van der Waals surface area contributed by atoms with E-state index in [0.717, 1.165) is 38.3 Å². The van der Waals surface area contributed by atoms with E-state index in [2.05, 4.69) is 31.5 Å². The summed E-state index contributed by atoms with van der Waals surface area (Å²) in [6.45, 7) is 3.08. The third-order valence-electron chi connectivity index (χ3n) is 5.20. The van der Waals surface area contributed by atoms with Crippen LogP contribution in [0.3, 0.4) is 0 Å². The van der Waals surface area contributed by atoms with Gasteiger partial charge < -0.3 is 10.3 Å². The van der Waals surface area contributed by atoms with Gasteiger partial charge in [0.2, 0.25) is 5.95 Å². The van der Waals surface area contributed by atoms with Crippen molar-refractivity contribution < 1.29 is 0 Å². The molecule has 0 aromatic carbocycles. The van der Waals surface area contributed by atoms with Crippen molar-refractivity contribution in [1.82, 2.24) is 24.4 Å². The molecular weight excluding hydrogens is 276 g/mol. The minimum Gasteiger partial charge on any atom is -0.368 e. The fourth-order valence-corrected chi connectivity index (χ4v) is 4.06. The van der Waals surface area contributed by atoms with Crippen LogP contribution in [0.4, 0.5) is 5.95 Å². The largest absolute Gasteiger partial charge is 0.368 e. The van der Waals surface area contributed by atoms with Crippen molar-refractivity contribution in [2.24, 2.45) is 7.05 Å². The van der Waals surface area contributed by atoms with Crippen LogP contribution in [0.2, 0.25) is 0 Å². The molecule has 116 valence electrons. The molecule has 2 aliphatic rings. The van der Waals surface area contributed by atoms with Gasteiger partial charge in [0.05, 0.1) is 12.2 Å². The number of piperidine rings is 1. The molecule has 2 aromatic rings. The molecule has 1 aliphatic heterocycles. The molecule has 1 unspecified atom stereocenters. The maximum Gasteiger partial charge on any atom is 0.220 e. The normalized spacial score (nSPS) is 24.8. The average molecular weight is 298 g/mol. The van der Waals surface area contributed by atoms with Gasteiger partial charge in [0, 0.05) is 37.6 Å². The standard InChI is InChI=1S/C16H22N6/c1-21-8-6-18-13(21)10-22-7-2-4-16(11-22)5-3-12-9-19-15(17)20-14(12)16/h6,8-9H,2-5,7,10-11H2,1H3,(H2,17,19,20). The highest BCUT2D eigenvalue weighted by molar-refractivity contribution is 5.37. The molecule has 2 aromatic heterocycles. The van der Waals surface area contributed by atoms with Crippen LogP contribution in [0.25, 0.3) is 0 Å². The summed E-state index contributed by atoms with van der Waals surface area (Å²) in [7, 11) is 2.06. The number of aryl methyl sites for hydroxylation is 2. The molecule has 1 aliphatic carbocycles. The first-order valence-corrected chi connectivity index (χ1v) is 7.97. The SMILES string of the molecule is Cn1ccnc1CN1CCCC2(CCc3cnc(N)nc32)C1. The molecule has 0 radical (unpaired) electrons. The van der Waals surface area contributed by atoms with Gasteiger partial charge in [0.1, 0.15) is 5.82 Å². The first kappa shape index (κ1) is 13.7. The Kier molecular flexibility index (Phi) is 3.14. The van der Waals surface area contributed by atoms with Crippen molar-refractivity contribution >= 4 is 5.95 Å². The minimum atomic E-state index is 0.163. The second-order valence-electron chi connectivity index (χ2n) is 6.65. The highest BCUT2D eigenvalue weighted by Gasteiger charge is 2.43. The Hall–Kier alpha value is -1.95. The molecule has 3 heterocycles. The molecule has 4 rings (SSSR count). The quantitative estimate of drug-likeness (QED) is 0.904. The van der Waals surface area contributed by atoms with Gasteiger partial charge in [0.25, 0.3) is 0 Å². The molecule has 1 fully saturated rings. The molecule has 6 heteroatoms. The lowest BCUT2D eigenvalue weighted by atomic mass is 9.77. The number of nitrogens with zero attached hydrogens (tertiary/aromatic N) is 5. The molecule has 22 heavy (non-hydrogen) atoms. The fraction of sp³-hybridized carbons (Fsp3) is 0.562. The van der Waals surface area contributed by atoms with Gasteiger partial charge in [-0.3, -0.25) is 4.90 Å². The lowest BCUT2D eigenvalue weighted by molar-refractivity contribution is 0.133. The number of nitrogens with two attached hydrogens (primary N) is 1. The summed E-state index contributed by atoms with van der Waals surface area (Å²) in [5, 5.41) is 0. The smallest absolute Gasteiger partial charge is 0.220 e. The van der Waals surface area contributed by atoms with Gasteiger partial charge in [-0.05, 0) is 37.8 Å². The summed E-state index contributed by atoms with van der Waals surface area (Å²) in [4.78, 5) is 15.7. The summed E-state index contributed by atoms with van der Waals surface area (Å²) in [5.41, 5.74) is 8.48. The second-order valence-corrected chi connectivity index (χ2v) is 6.65. The first-order valence-electron chi connectivity index (χ1n) is 7.97. The zero-order valence-corrected chi connectivity index (χ0v) is 13.0. The summed E-state index contributed by atoms with van der Waals surface area (Å²) >= 11 is 0. The number of aromatic nitrogens is 4. The van der Waals surface area contributed by atoms with Crippen molar-refractivity contribution in [3.63, 3.8) is 0 Å². The monoisotopic (exact) mass is 298 g/mol. The van der Waals surface area contributed by atoms with Crippen molar-refractivity contribution in [3.8, 4) is 0 Å². The topological polar surface area (TPSA) is 72.9 Å². The maximum atomic E-state index is 5.84. The van der Waals surface area contributed by atoms with E-state index in [-0.39, 0.29) is 5.41 Å². The Labute approximate surface area is 130 Å². The fourth-order valence-electron chi connectivity index (χ4n) is 4.06. The number of hydrogen-bond donors (Lipinski definition) is 1. The van der Waals surface area contributed by atoms with E-state index < -0.39 is 0 Å². The van der Waals surface area contributed by atoms with Crippen LogP contribution in [0.1, 0.15) is 36.3 Å². The van der Waals surface area contributed by atoms with E-state index in [1.165, 1.54) is 24.1 Å². The molecule has 0 saturated carbocycles. The molecule has 0 bridgehead atoms. The van der Waals surface area contributed by atoms with Crippen LogP contribution in [0.15, 0.2) is 18.6 Å². The van der Waals surface area contributed by atoms with E-state index in [0.29, 0.717) is 5.95 Å². The van der Waals surface area contributed by atoms with Gasteiger partial charge >= 0.3 is 0 Å². The molecular formula is C16H22N6. The van der Waals surface area contributed by atoms with E-state index in [9.17, 15) is 0 Å². The van der Waals surface area contributed by atoms with Gasteiger partial charge in [-0.2, -0.15) is 0 Å². The number of rotatable bonds is 2. The molecule has 1 spiro atoms. The van der Waals surface area contributed by atoms with E-state index >= 15 is 0 Å². The third kappa shape index (κ3) is 2.18. The number of likely N-dealkylation sites (tertiary alicyclic amines) is 1. The highest BCUT2D eigenvalue weighted by Crippen LogP contribution is 2.44. The summed E-state index contributed by atoms with van der Waals surface area (Å²) in [6.07, 6.45) is 10.4. The van der Waals surface area contributed by atoms with Crippen LogP contribution >= 0.6 is 0 Å². The number of hydrogen-bond acceptors (Lipinski definition) is 5. The van der Waals surface area contributed by atoms with Crippen LogP contribution in [0.5, 0.6) is 0 Å². The average Bonchev–Trinajstić information content (AvgIpc) is 3.05. The van der Waals surface area contributed by atoms with Crippen molar-refractivity contribution in [1.29, 1.82) is 0 Å². The summed E-state index contributed by atoms with van der Waals surface area (Å²) < 4.78 is 2.10. The number of nitrogen functional groups attached to an aromatic ring is 1. The summed E-state index contributed by atoms with van der Waals surface area (Å²) in [5.74, 6) is 1.53. The Balaban J connectivity index is 1.59. The lowest BCUT2D eigenvalue weighted by Gasteiger charge is -2.40. The van der Waals surface area contributed by atoms with E-state index in [1.54, 1.807) is 0 Å². The van der Waals surface area contributed by atoms with Crippen LogP contribution in [-0.2, 0) is 25.4 Å². The number of fused-ring (bicyclic) bond motifs is 2. The van der Waals surface area contributed by atoms with Crippen molar-refractivity contribution in [2.45, 2.75) is 37.6 Å². The summed E-state index contributed by atoms with van der Waals surface area (Å²) in [6, 6.07) is 0. The van der Waals surface area contributed by atoms with Crippen LogP contribution < -0.4 is 5.73 Å². The number of anilines is 1. The van der Waals surface area contributed by atoms with Crippen molar-refractivity contribution in [3.05, 3.63) is 35.7 Å². The Morgan fingerprint density at radius 1 is 1.32 bits per heavy atom. The molecule has 1 atom stereocenters. The molecule has 6 nitrogen and oxygen atoms in total. The van der Waals surface area contributed by atoms with E-state index in [1.807, 2.05) is 18.6 Å². The van der Waals surface area contributed by atoms with E-state index in [4.69, 9.17) is 5.73 Å². The zero-order valence-electron chi connectivity index (χ0n) is 13.0. The van der Waals surface area contributed by atoms with Gasteiger partial charge in [-0.25, -0.2) is 15.0 Å². The first-order chi connectivity index (χ1) is 10.7. The van der Waals surface area contributed by atoms with Gasteiger partial charge in [-0.15, -0.1) is 0 Å². The highest BCUT2D eigenvalue weighted by atomic mass is 15.2. The van der Waals surface area contributed by atoms with Crippen LogP contribution in [0, 0.1) is 0 Å². The number of imidazole rings is 1. The second kappa shape index (κ2) is 5.05. The Morgan fingerprint density at radius 2 is 2.23 bits per heavy atom. The zero-order chi connectivity index (χ0) is 15.2. The Morgan fingerprint density at radius 3 is 3.05 bits per heavy atom. The van der Waals surface area contributed by atoms with Gasteiger partial charge in [-0.1, -0.05) is 0 Å². The maximum absolute atomic E-state index is 5.84. The molecule has 1 saturated heterocycles. The van der Waals surface area contributed by atoms with Crippen molar-refractivity contribution in [2.75, 3.05) is 18.8 Å². The minimum absolute atomic E-state index is 0.163. The lowest BCUT2D eigenvalue weighted by Crippen LogP contribution is -2.45.